The molecule has 3 aromatic rings. The number of halogens is 1. The van der Waals surface area contributed by atoms with Crippen molar-refractivity contribution < 1.29 is 18.7 Å². The minimum Gasteiger partial charge on any atom is -0.460 e. The standard InChI is InChI=1S/C35H43FN2O3/c1-34(2,3)41-32(39)25-35(4,27-13-6-5-7-14-27)20-11-21-38-22-18-29(19-23-38)37-33(40)31-17-9-8-16-30(31)26-12-10-15-28(36)24-26/h5-10,12-17,24,29H,11,18-23,25H2,1-4H3,(H,37,40). The van der Waals surface area contributed by atoms with Crippen LogP contribution in [0.3, 0.4) is 0 Å². The summed E-state index contributed by atoms with van der Waals surface area (Å²) in [7, 11) is 0. The van der Waals surface area contributed by atoms with Crippen LogP contribution in [0.4, 0.5) is 4.39 Å². The Bertz CT molecular complexity index is 1310. The Morgan fingerprint density at radius 2 is 1.61 bits per heavy atom. The second-order valence-electron chi connectivity index (χ2n) is 12.4. The van der Waals surface area contributed by atoms with Gasteiger partial charge in [-0.1, -0.05) is 67.6 Å². The van der Waals surface area contributed by atoms with Crippen molar-refractivity contribution in [2.24, 2.45) is 0 Å². The zero-order valence-corrected chi connectivity index (χ0v) is 24.8. The second kappa shape index (κ2) is 13.4. The summed E-state index contributed by atoms with van der Waals surface area (Å²) in [6.45, 7) is 10.6. The van der Waals surface area contributed by atoms with Crippen LogP contribution in [0.2, 0.25) is 0 Å². The fourth-order valence-electron chi connectivity index (χ4n) is 5.72. The largest absolute Gasteiger partial charge is 0.460 e. The number of nitrogens with one attached hydrogen (secondary N) is 1. The molecule has 0 aromatic heterocycles. The summed E-state index contributed by atoms with van der Waals surface area (Å²) >= 11 is 0. The minimum absolute atomic E-state index is 0.0982. The highest BCUT2D eigenvalue weighted by Crippen LogP contribution is 2.34. The molecule has 1 atom stereocenters. The van der Waals surface area contributed by atoms with Crippen LogP contribution in [-0.2, 0) is 14.9 Å². The van der Waals surface area contributed by atoms with Gasteiger partial charge in [0.1, 0.15) is 11.4 Å². The lowest BCUT2D eigenvalue weighted by Crippen LogP contribution is -2.45. The average molecular weight is 559 g/mol. The normalized spacial score (nSPS) is 16.1. The number of nitrogens with zero attached hydrogens (tertiary/aromatic N) is 1. The molecule has 1 saturated heterocycles. The average Bonchev–Trinajstić information content (AvgIpc) is 2.93. The predicted octanol–water partition coefficient (Wildman–Crippen LogP) is 7.16. The molecular weight excluding hydrogens is 515 g/mol. The van der Waals surface area contributed by atoms with Gasteiger partial charge in [-0.25, -0.2) is 4.39 Å². The lowest BCUT2D eigenvalue weighted by molar-refractivity contribution is -0.156. The topological polar surface area (TPSA) is 58.6 Å². The first-order valence-electron chi connectivity index (χ1n) is 14.7. The van der Waals surface area contributed by atoms with Gasteiger partial charge in [-0.05, 0) is 87.9 Å². The molecule has 0 radical (unpaired) electrons. The number of piperidine rings is 1. The summed E-state index contributed by atoms with van der Waals surface area (Å²) < 4.78 is 19.5. The predicted molar refractivity (Wildman–Crippen MR) is 162 cm³/mol. The summed E-state index contributed by atoms with van der Waals surface area (Å²) in [5.74, 6) is -0.609. The third-order valence-electron chi connectivity index (χ3n) is 7.86. The highest BCUT2D eigenvalue weighted by atomic mass is 19.1. The number of ether oxygens (including phenoxy) is 1. The van der Waals surface area contributed by atoms with E-state index in [4.69, 9.17) is 4.74 Å². The molecule has 1 heterocycles. The summed E-state index contributed by atoms with van der Waals surface area (Å²) in [5, 5.41) is 3.21. The van der Waals surface area contributed by atoms with Crippen molar-refractivity contribution in [3.8, 4) is 11.1 Å². The Balaban J connectivity index is 1.29. The zero-order valence-electron chi connectivity index (χ0n) is 24.8. The third kappa shape index (κ3) is 8.74. The Morgan fingerprint density at radius 1 is 0.927 bits per heavy atom. The van der Waals surface area contributed by atoms with Gasteiger partial charge in [0, 0.05) is 30.1 Å². The number of carbonyl (C=O) groups is 2. The molecule has 1 N–H and O–H groups in total. The maximum atomic E-state index is 13.8. The van der Waals surface area contributed by atoms with Crippen LogP contribution in [0.5, 0.6) is 0 Å². The Labute approximate surface area is 244 Å². The van der Waals surface area contributed by atoms with E-state index in [-0.39, 0.29) is 29.2 Å². The number of amides is 1. The van der Waals surface area contributed by atoms with Gasteiger partial charge in [0.05, 0.1) is 6.42 Å². The summed E-state index contributed by atoms with van der Waals surface area (Å²) in [6, 6.07) is 24.1. The van der Waals surface area contributed by atoms with E-state index in [2.05, 4.69) is 29.3 Å². The van der Waals surface area contributed by atoms with Crippen molar-refractivity contribution in [3.63, 3.8) is 0 Å². The van der Waals surface area contributed by atoms with E-state index in [0.717, 1.165) is 56.4 Å². The molecular formula is C35H43FN2O3. The molecule has 4 rings (SSSR count). The Kier molecular flexibility index (Phi) is 9.98. The van der Waals surface area contributed by atoms with Crippen molar-refractivity contribution in [1.82, 2.24) is 10.2 Å². The van der Waals surface area contributed by atoms with E-state index in [0.29, 0.717) is 17.5 Å². The molecule has 0 spiro atoms. The van der Waals surface area contributed by atoms with Crippen LogP contribution >= 0.6 is 0 Å². The molecule has 1 aliphatic rings. The number of esters is 1. The first kappa shape index (κ1) is 30.4. The number of hydrogen-bond acceptors (Lipinski definition) is 4. The maximum absolute atomic E-state index is 13.8. The van der Waals surface area contributed by atoms with Gasteiger partial charge < -0.3 is 15.0 Å². The molecule has 5 nitrogen and oxygen atoms in total. The third-order valence-corrected chi connectivity index (χ3v) is 7.86. The second-order valence-corrected chi connectivity index (χ2v) is 12.4. The van der Waals surface area contributed by atoms with Gasteiger partial charge in [0.25, 0.3) is 5.91 Å². The van der Waals surface area contributed by atoms with Crippen LogP contribution in [0, 0.1) is 5.82 Å². The first-order valence-corrected chi connectivity index (χ1v) is 14.7. The van der Waals surface area contributed by atoms with Crippen LogP contribution in [0.1, 0.15) is 75.7 Å². The maximum Gasteiger partial charge on any atom is 0.307 e. The number of carbonyl (C=O) groups excluding carboxylic acids is 2. The number of likely N-dealkylation sites (tertiary alicyclic amines) is 1. The van der Waals surface area contributed by atoms with Crippen molar-refractivity contribution in [2.45, 2.75) is 76.9 Å². The summed E-state index contributed by atoms with van der Waals surface area (Å²) in [5.41, 5.74) is 2.34. The fraction of sp³-hybridized carbons (Fsp3) is 0.429. The molecule has 0 saturated carbocycles. The highest BCUT2D eigenvalue weighted by Gasteiger charge is 2.32. The molecule has 41 heavy (non-hydrogen) atoms. The van der Waals surface area contributed by atoms with Crippen LogP contribution < -0.4 is 5.32 Å². The zero-order chi connectivity index (χ0) is 29.5. The first-order chi connectivity index (χ1) is 19.5. The van der Waals surface area contributed by atoms with E-state index in [1.807, 2.05) is 63.2 Å². The number of rotatable bonds is 10. The molecule has 6 heteroatoms. The summed E-state index contributed by atoms with van der Waals surface area (Å²) in [4.78, 5) is 28.4. The number of benzene rings is 3. The lowest BCUT2D eigenvalue weighted by atomic mass is 9.75. The van der Waals surface area contributed by atoms with Crippen LogP contribution in [-0.4, -0.2) is 48.1 Å². The van der Waals surface area contributed by atoms with E-state index in [1.165, 1.54) is 12.1 Å². The molecule has 1 aliphatic heterocycles. The monoisotopic (exact) mass is 558 g/mol. The molecule has 1 amide bonds. The minimum atomic E-state index is -0.504. The molecule has 218 valence electrons. The van der Waals surface area contributed by atoms with Gasteiger partial charge in [-0.3, -0.25) is 9.59 Å². The molecule has 0 aliphatic carbocycles. The Morgan fingerprint density at radius 3 is 2.29 bits per heavy atom. The molecule has 1 unspecified atom stereocenters. The highest BCUT2D eigenvalue weighted by molar-refractivity contribution is 6.01. The quantitative estimate of drug-likeness (QED) is 0.268. The van der Waals surface area contributed by atoms with Crippen molar-refractivity contribution in [3.05, 3.63) is 95.8 Å². The van der Waals surface area contributed by atoms with Crippen molar-refractivity contribution in [1.29, 1.82) is 0 Å². The van der Waals surface area contributed by atoms with Crippen molar-refractivity contribution in [2.75, 3.05) is 19.6 Å². The lowest BCUT2D eigenvalue weighted by Gasteiger charge is -2.34. The van der Waals surface area contributed by atoms with E-state index in [9.17, 15) is 14.0 Å². The SMILES string of the molecule is CC(C)(C)OC(=O)CC(C)(CCCN1CCC(NC(=O)c2ccccc2-c2cccc(F)c2)CC1)c1ccccc1. The fourth-order valence-corrected chi connectivity index (χ4v) is 5.72. The van der Waals surface area contributed by atoms with Crippen LogP contribution in [0.15, 0.2) is 78.9 Å². The van der Waals surface area contributed by atoms with Crippen molar-refractivity contribution >= 4 is 11.9 Å². The van der Waals surface area contributed by atoms with Gasteiger partial charge in [0.15, 0.2) is 0 Å². The number of hydrogen-bond donors (Lipinski definition) is 1. The van der Waals surface area contributed by atoms with Gasteiger partial charge >= 0.3 is 5.97 Å². The van der Waals surface area contributed by atoms with Gasteiger partial charge in [-0.2, -0.15) is 0 Å². The van der Waals surface area contributed by atoms with Crippen LogP contribution in [0.25, 0.3) is 11.1 Å². The smallest absolute Gasteiger partial charge is 0.307 e. The van der Waals surface area contributed by atoms with E-state index < -0.39 is 5.60 Å². The summed E-state index contributed by atoms with van der Waals surface area (Å²) in [6.07, 6.45) is 3.94. The molecule has 3 aromatic carbocycles. The van der Waals surface area contributed by atoms with Gasteiger partial charge in [0.2, 0.25) is 0 Å². The molecule has 0 bridgehead atoms. The van der Waals surface area contributed by atoms with E-state index in [1.54, 1.807) is 12.1 Å². The van der Waals surface area contributed by atoms with E-state index >= 15 is 0 Å². The Hall–Kier alpha value is -3.51. The van der Waals surface area contributed by atoms with Gasteiger partial charge in [-0.15, -0.1) is 0 Å². The molecule has 1 fully saturated rings.